The zero-order chi connectivity index (χ0) is 20.0. The first kappa shape index (κ1) is 21.2. The Morgan fingerprint density at radius 2 is 1.74 bits per heavy atom. The normalized spacial score (nSPS) is 11.3. The topological polar surface area (TPSA) is 79.5 Å². The molecule has 2 aromatic carbocycles. The van der Waals surface area contributed by atoms with Crippen LogP contribution in [0, 0.1) is 0 Å². The van der Waals surface area contributed by atoms with Crippen LogP contribution in [0.2, 0.25) is 15.1 Å². The number of hydrogen-bond acceptors (Lipinski definition) is 4. The van der Waals surface area contributed by atoms with Crippen molar-refractivity contribution in [3.8, 4) is 5.75 Å². The highest BCUT2D eigenvalue weighted by Gasteiger charge is 2.18. The van der Waals surface area contributed by atoms with Crippen molar-refractivity contribution in [3.63, 3.8) is 0 Å². The molecule has 0 saturated carbocycles. The summed E-state index contributed by atoms with van der Waals surface area (Å²) in [5.41, 5.74) is 5.02. The van der Waals surface area contributed by atoms with E-state index in [1.807, 2.05) is 0 Å². The maximum Gasteiger partial charge on any atom is 0.271 e. The molecule has 0 bridgehead atoms. The van der Waals surface area contributed by atoms with E-state index in [2.05, 4.69) is 16.2 Å². The van der Waals surface area contributed by atoms with E-state index in [1.54, 1.807) is 36.4 Å². The van der Waals surface area contributed by atoms with Crippen LogP contribution in [-0.2, 0) is 4.79 Å². The number of amides is 2. The summed E-state index contributed by atoms with van der Waals surface area (Å²) in [6.45, 7) is 1.52. The first-order valence-electron chi connectivity index (χ1n) is 7.55. The minimum Gasteiger partial charge on any atom is -0.479 e. The number of hydrazine groups is 1. The maximum atomic E-state index is 12.1. The summed E-state index contributed by atoms with van der Waals surface area (Å²) in [5, 5.41) is 3.29. The third-order valence-corrected chi connectivity index (χ3v) is 4.28. The molecule has 0 aliphatic carbocycles. The van der Waals surface area contributed by atoms with E-state index in [-0.39, 0.29) is 20.7 Å². The van der Waals surface area contributed by atoms with Crippen molar-refractivity contribution in [2.45, 2.75) is 13.0 Å². The Balaban J connectivity index is 1.85. The van der Waals surface area contributed by atoms with Gasteiger partial charge in [-0.2, -0.15) is 0 Å². The van der Waals surface area contributed by atoms with Crippen molar-refractivity contribution in [2.24, 2.45) is 0 Å². The zero-order valence-corrected chi connectivity index (χ0v) is 17.0. The summed E-state index contributed by atoms with van der Waals surface area (Å²) in [4.78, 5) is 24.2. The second kappa shape index (κ2) is 9.75. The molecule has 0 fully saturated rings. The van der Waals surface area contributed by atoms with Gasteiger partial charge in [-0.3, -0.25) is 25.8 Å². The van der Waals surface area contributed by atoms with Gasteiger partial charge < -0.3 is 4.74 Å². The van der Waals surface area contributed by atoms with Gasteiger partial charge in [0.1, 0.15) is 5.75 Å². The summed E-state index contributed by atoms with van der Waals surface area (Å²) in [6, 6.07) is 11.1. The Morgan fingerprint density at radius 1 is 1.04 bits per heavy atom. The molecule has 0 radical (unpaired) electrons. The van der Waals surface area contributed by atoms with Crippen molar-refractivity contribution in [3.05, 3.63) is 63.1 Å². The average Bonchev–Trinajstić information content (AvgIpc) is 2.62. The fourth-order valence-electron chi connectivity index (χ4n) is 1.89. The summed E-state index contributed by atoms with van der Waals surface area (Å²) in [7, 11) is 0. The third-order valence-electron chi connectivity index (χ3n) is 3.21. The van der Waals surface area contributed by atoms with Crippen LogP contribution in [-0.4, -0.2) is 23.0 Å². The van der Waals surface area contributed by atoms with Crippen LogP contribution in [0.3, 0.4) is 0 Å². The lowest BCUT2D eigenvalue weighted by atomic mass is 10.2. The van der Waals surface area contributed by atoms with Crippen molar-refractivity contribution in [1.29, 1.82) is 0 Å². The fraction of sp³-hybridized carbons (Fsp3) is 0.118. The van der Waals surface area contributed by atoms with Crippen LogP contribution in [0.25, 0.3) is 0 Å². The molecule has 0 heterocycles. The Labute approximate surface area is 176 Å². The van der Waals surface area contributed by atoms with Gasteiger partial charge in [0.05, 0.1) is 15.6 Å². The van der Waals surface area contributed by atoms with Crippen LogP contribution in [0.15, 0.2) is 42.5 Å². The van der Waals surface area contributed by atoms with Crippen LogP contribution in [0.1, 0.15) is 17.3 Å². The third kappa shape index (κ3) is 6.25. The monoisotopic (exact) mass is 445 g/mol. The zero-order valence-electron chi connectivity index (χ0n) is 13.9. The Bertz CT molecular complexity index is 879. The number of carbonyl (C=O) groups excluding carboxylic acids is 2. The summed E-state index contributed by atoms with van der Waals surface area (Å²) >= 11 is 22.7. The van der Waals surface area contributed by atoms with Gasteiger partial charge >= 0.3 is 0 Å². The Kier molecular flexibility index (Phi) is 7.67. The smallest absolute Gasteiger partial charge is 0.271 e. The van der Waals surface area contributed by atoms with Crippen LogP contribution in [0.5, 0.6) is 5.75 Å². The summed E-state index contributed by atoms with van der Waals surface area (Å²) in [6.07, 6.45) is -0.900. The van der Waals surface area contributed by atoms with Gasteiger partial charge in [-0.1, -0.05) is 46.9 Å². The van der Waals surface area contributed by atoms with Gasteiger partial charge in [0, 0.05) is 5.02 Å². The number of ether oxygens (including phenoxy) is 1. The molecule has 6 nitrogen and oxygen atoms in total. The van der Waals surface area contributed by atoms with Crippen molar-refractivity contribution >= 4 is 63.9 Å². The first-order valence-corrected chi connectivity index (χ1v) is 9.09. The van der Waals surface area contributed by atoms with E-state index < -0.39 is 17.9 Å². The minimum absolute atomic E-state index is 0.113. The molecular weight excluding hydrogens is 433 g/mol. The van der Waals surface area contributed by atoms with Crippen LogP contribution in [0.4, 0.5) is 0 Å². The predicted molar refractivity (Wildman–Crippen MR) is 109 cm³/mol. The van der Waals surface area contributed by atoms with Gasteiger partial charge in [-0.15, -0.1) is 0 Å². The van der Waals surface area contributed by atoms with Crippen LogP contribution < -0.4 is 20.9 Å². The minimum atomic E-state index is -0.900. The average molecular weight is 447 g/mol. The molecule has 1 unspecified atom stereocenters. The number of hydrogen-bond donors (Lipinski definition) is 3. The van der Waals surface area contributed by atoms with Gasteiger partial charge in [0.15, 0.2) is 11.2 Å². The SMILES string of the molecule is CC(Oc1ccc(Cl)cc1Cl)C(=O)NC(=S)NNC(=O)c1ccccc1Cl. The molecule has 2 amide bonds. The van der Waals surface area contributed by atoms with Gasteiger partial charge in [-0.25, -0.2) is 0 Å². The Hall–Kier alpha value is -2.06. The predicted octanol–water partition coefficient (Wildman–Crippen LogP) is 3.75. The molecule has 1 atom stereocenters. The van der Waals surface area contributed by atoms with E-state index >= 15 is 0 Å². The lowest BCUT2D eigenvalue weighted by Gasteiger charge is -2.17. The largest absolute Gasteiger partial charge is 0.479 e. The van der Waals surface area contributed by atoms with Crippen LogP contribution >= 0.6 is 47.0 Å². The van der Waals surface area contributed by atoms with E-state index in [9.17, 15) is 9.59 Å². The lowest BCUT2D eigenvalue weighted by molar-refractivity contribution is -0.125. The summed E-state index contributed by atoms with van der Waals surface area (Å²) in [5.74, 6) is -0.741. The molecule has 0 spiro atoms. The molecule has 0 aromatic heterocycles. The molecule has 10 heteroatoms. The van der Waals surface area contributed by atoms with Crippen molar-refractivity contribution in [1.82, 2.24) is 16.2 Å². The number of nitrogens with one attached hydrogen (secondary N) is 3. The molecule has 142 valence electrons. The molecular formula is C17H14Cl3N3O3S. The van der Waals surface area contributed by atoms with E-state index in [0.29, 0.717) is 10.8 Å². The molecule has 0 aliphatic rings. The highest BCUT2D eigenvalue weighted by atomic mass is 35.5. The standard InChI is InChI=1S/C17H14Cl3N3O3S/c1-9(26-14-7-6-10(18)8-13(14)20)15(24)21-17(27)23-22-16(25)11-4-2-3-5-12(11)19/h2-9H,1H3,(H,22,25)(H2,21,23,24,27). The number of thiocarbonyl (C=S) groups is 1. The van der Waals surface area contributed by atoms with Crippen molar-refractivity contribution in [2.75, 3.05) is 0 Å². The second-order valence-corrected chi connectivity index (χ2v) is 6.87. The quantitative estimate of drug-likeness (QED) is 0.492. The Morgan fingerprint density at radius 3 is 2.41 bits per heavy atom. The number of rotatable bonds is 4. The highest BCUT2D eigenvalue weighted by Crippen LogP contribution is 2.28. The number of benzene rings is 2. The van der Waals surface area contributed by atoms with Gasteiger partial charge in [0.25, 0.3) is 11.8 Å². The van der Waals surface area contributed by atoms with Crippen molar-refractivity contribution < 1.29 is 14.3 Å². The molecule has 3 N–H and O–H groups in total. The van der Waals surface area contributed by atoms with Gasteiger partial charge in [0.2, 0.25) is 0 Å². The molecule has 2 rings (SSSR count). The van der Waals surface area contributed by atoms with E-state index in [0.717, 1.165) is 0 Å². The molecule has 0 aliphatic heterocycles. The number of halogens is 3. The fourth-order valence-corrected chi connectivity index (χ4v) is 2.71. The second-order valence-electron chi connectivity index (χ2n) is 5.21. The molecule has 2 aromatic rings. The van der Waals surface area contributed by atoms with E-state index in [1.165, 1.54) is 13.0 Å². The molecule has 27 heavy (non-hydrogen) atoms. The molecule has 0 saturated heterocycles. The van der Waals surface area contributed by atoms with Gasteiger partial charge in [-0.05, 0) is 49.5 Å². The number of carbonyl (C=O) groups is 2. The van der Waals surface area contributed by atoms with E-state index in [4.69, 9.17) is 51.8 Å². The maximum absolute atomic E-state index is 12.1. The highest BCUT2D eigenvalue weighted by molar-refractivity contribution is 7.80. The first-order chi connectivity index (χ1) is 12.8. The summed E-state index contributed by atoms with van der Waals surface area (Å²) < 4.78 is 5.48. The lowest BCUT2D eigenvalue weighted by Crippen LogP contribution is -2.51.